The second-order valence-corrected chi connectivity index (χ2v) is 4.80. The fraction of sp³-hybridized carbons (Fsp3) is 0.125. The maximum absolute atomic E-state index is 13.8. The molecule has 6 heteroatoms. The number of halogens is 1. The first-order valence-electron chi connectivity index (χ1n) is 6.70. The average Bonchev–Trinajstić information content (AvgIpc) is 2.52. The van der Waals surface area contributed by atoms with Gasteiger partial charge in [-0.05, 0) is 18.2 Å². The zero-order valence-corrected chi connectivity index (χ0v) is 11.6. The van der Waals surface area contributed by atoms with Crippen LogP contribution in [-0.4, -0.2) is 18.9 Å². The van der Waals surface area contributed by atoms with E-state index in [2.05, 4.69) is 5.32 Å². The van der Waals surface area contributed by atoms with Crippen molar-refractivity contribution >= 4 is 23.7 Å². The summed E-state index contributed by atoms with van der Waals surface area (Å²) >= 11 is 0. The molecule has 3 rings (SSSR count). The van der Waals surface area contributed by atoms with E-state index < -0.39 is 0 Å². The van der Waals surface area contributed by atoms with Gasteiger partial charge in [0.1, 0.15) is 11.6 Å². The highest BCUT2D eigenvalue weighted by molar-refractivity contribution is 5.98. The Balaban J connectivity index is 1.94. The summed E-state index contributed by atoms with van der Waals surface area (Å²) < 4.78 is 19.2. The minimum absolute atomic E-state index is 0.119. The lowest BCUT2D eigenvalue weighted by atomic mass is 10.1. The molecular formula is C16H13FN2O3. The second-order valence-electron chi connectivity index (χ2n) is 4.80. The molecule has 0 saturated heterocycles. The Bertz CT molecular complexity index is 733. The third-order valence-electron chi connectivity index (χ3n) is 3.41. The molecule has 0 spiro atoms. The van der Waals surface area contributed by atoms with E-state index in [1.807, 2.05) is 0 Å². The van der Waals surface area contributed by atoms with Crippen molar-refractivity contribution in [1.29, 1.82) is 0 Å². The van der Waals surface area contributed by atoms with Crippen molar-refractivity contribution in [2.75, 3.05) is 16.8 Å². The van der Waals surface area contributed by atoms with Crippen molar-refractivity contribution in [3.8, 4) is 5.75 Å². The molecule has 2 aromatic rings. The van der Waals surface area contributed by atoms with Gasteiger partial charge < -0.3 is 15.0 Å². The number of rotatable bonds is 4. The Kier molecular flexibility index (Phi) is 3.74. The summed E-state index contributed by atoms with van der Waals surface area (Å²) in [4.78, 5) is 24.0. The van der Waals surface area contributed by atoms with E-state index in [9.17, 15) is 14.0 Å². The topological polar surface area (TPSA) is 58.6 Å². The van der Waals surface area contributed by atoms with Gasteiger partial charge in [0.05, 0.1) is 12.2 Å². The van der Waals surface area contributed by atoms with Gasteiger partial charge >= 0.3 is 0 Å². The van der Waals surface area contributed by atoms with Crippen molar-refractivity contribution < 1.29 is 18.7 Å². The number of ether oxygens (including phenoxy) is 1. The van der Waals surface area contributed by atoms with E-state index in [1.165, 1.54) is 11.0 Å². The molecule has 1 aliphatic rings. The number of nitrogens with zero attached hydrogens (tertiary/aromatic N) is 1. The minimum Gasteiger partial charge on any atom is -0.481 e. The highest BCUT2D eigenvalue weighted by atomic mass is 19.1. The number of nitrogens with one attached hydrogen (secondary N) is 1. The van der Waals surface area contributed by atoms with Crippen LogP contribution in [0.4, 0.5) is 15.8 Å². The Labute approximate surface area is 126 Å². The number of hydrogen-bond acceptors (Lipinski definition) is 3. The first kappa shape index (κ1) is 14.1. The van der Waals surface area contributed by atoms with Crippen molar-refractivity contribution in [3.05, 3.63) is 53.8 Å². The summed E-state index contributed by atoms with van der Waals surface area (Å²) in [6.07, 6.45) is 0.562. The maximum atomic E-state index is 13.8. The van der Waals surface area contributed by atoms with E-state index in [1.54, 1.807) is 36.4 Å². The van der Waals surface area contributed by atoms with Crippen LogP contribution in [0.25, 0.3) is 0 Å². The summed E-state index contributed by atoms with van der Waals surface area (Å²) in [5.41, 5.74) is 1.55. The maximum Gasteiger partial charge on any atom is 0.265 e. The predicted octanol–water partition coefficient (Wildman–Crippen LogP) is 2.32. The van der Waals surface area contributed by atoms with Crippen LogP contribution < -0.4 is 15.0 Å². The number of hydrogen-bond donors (Lipinski definition) is 1. The van der Waals surface area contributed by atoms with Crippen LogP contribution in [0.1, 0.15) is 5.56 Å². The summed E-state index contributed by atoms with van der Waals surface area (Å²) in [6, 6.07) is 11.3. The van der Waals surface area contributed by atoms with E-state index >= 15 is 0 Å². The molecule has 0 atom stereocenters. The first-order valence-corrected chi connectivity index (χ1v) is 6.70. The number of anilines is 2. The Morgan fingerprint density at radius 2 is 2.09 bits per heavy atom. The Hall–Kier alpha value is -2.89. The number of carbonyl (C=O) groups is 2. The molecule has 0 aromatic heterocycles. The van der Waals surface area contributed by atoms with Crippen LogP contribution in [0.5, 0.6) is 5.75 Å². The highest BCUT2D eigenvalue weighted by Crippen LogP contribution is 2.35. The number of amides is 2. The van der Waals surface area contributed by atoms with Gasteiger partial charge in [0.15, 0.2) is 6.61 Å². The number of carbonyl (C=O) groups excluding carboxylic acids is 2. The summed E-state index contributed by atoms with van der Waals surface area (Å²) in [5, 5.41) is 2.52. The molecule has 0 unspecified atom stereocenters. The van der Waals surface area contributed by atoms with Gasteiger partial charge in [0.25, 0.3) is 5.91 Å². The van der Waals surface area contributed by atoms with Crippen LogP contribution in [-0.2, 0) is 16.1 Å². The molecule has 0 saturated carbocycles. The Morgan fingerprint density at radius 3 is 2.86 bits per heavy atom. The quantitative estimate of drug-likeness (QED) is 0.882. The standard InChI is InChI=1S/C16H13FN2O3/c17-13-4-2-1-3-11(13)8-19-14-6-5-12(18-10-20)7-15(14)22-9-16(19)21/h1-7,10H,8-9H2,(H,18,20). The second kappa shape index (κ2) is 5.85. The number of benzene rings is 2. The monoisotopic (exact) mass is 300 g/mol. The molecule has 0 fully saturated rings. The molecule has 2 amide bonds. The molecule has 1 N–H and O–H groups in total. The van der Waals surface area contributed by atoms with E-state index in [0.717, 1.165) is 0 Å². The molecule has 1 heterocycles. The lowest BCUT2D eigenvalue weighted by molar-refractivity contribution is -0.121. The molecule has 1 aliphatic heterocycles. The van der Waals surface area contributed by atoms with Crippen LogP contribution in [0.15, 0.2) is 42.5 Å². The van der Waals surface area contributed by atoms with E-state index in [0.29, 0.717) is 29.1 Å². The van der Waals surface area contributed by atoms with E-state index in [4.69, 9.17) is 4.74 Å². The smallest absolute Gasteiger partial charge is 0.265 e. The van der Waals surface area contributed by atoms with Gasteiger partial charge in [0, 0.05) is 17.3 Å². The van der Waals surface area contributed by atoms with Crippen LogP contribution in [0.3, 0.4) is 0 Å². The van der Waals surface area contributed by atoms with Gasteiger partial charge in [-0.15, -0.1) is 0 Å². The third kappa shape index (κ3) is 2.63. The molecule has 0 radical (unpaired) electrons. The van der Waals surface area contributed by atoms with Gasteiger partial charge in [-0.25, -0.2) is 4.39 Å². The lowest BCUT2D eigenvalue weighted by Gasteiger charge is -2.29. The zero-order chi connectivity index (χ0) is 15.5. The third-order valence-corrected chi connectivity index (χ3v) is 3.41. The minimum atomic E-state index is -0.359. The summed E-state index contributed by atoms with van der Waals surface area (Å²) in [6.45, 7) is 0.00825. The molecule has 5 nitrogen and oxygen atoms in total. The molecule has 0 bridgehead atoms. The summed E-state index contributed by atoms with van der Waals surface area (Å²) in [7, 11) is 0. The van der Waals surface area contributed by atoms with Crippen molar-refractivity contribution in [2.45, 2.75) is 6.54 Å². The SMILES string of the molecule is O=CNc1ccc2c(c1)OCC(=O)N2Cc1ccccc1F. The molecular weight excluding hydrogens is 287 g/mol. The fourth-order valence-electron chi connectivity index (χ4n) is 2.33. The highest BCUT2D eigenvalue weighted by Gasteiger charge is 2.26. The van der Waals surface area contributed by atoms with Crippen LogP contribution in [0.2, 0.25) is 0 Å². The molecule has 0 aliphatic carbocycles. The van der Waals surface area contributed by atoms with Gasteiger partial charge in [-0.3, -0.25) is 9.59 Å². The average molecular weight is 300 g/mol. The van der Waals surface area contributed by atoms with Gasteiger partial charge in [0.2, 0.25) is 6.41 Å². The van der Waals surface area contributed by atoms with Crippen molar-refractivity contribution in [3.63, 3.8) is 0 Å². The van der Waals surface area contributed by atoms with Gasteiger partial charge in [-0.2, -0.15) is 0 Å². The lowest BCUT2D eigenvalue weighted by Crippen LogP contribution is -2.38. The van der Waals surface area contributed by atoms with Crippen LogP contribution in [0, 0.1) is 5.82 Å². The normalized spacial score (nSPS) is 13.3. The van der Waals surface area contributed by atoms with Crippen molar-refractivity contribution in [1.82, 2.24) is 0 Å². The largest absolute Gasteiger partial charge is 0.481 e. The molecule has 112 valence electrons. The zero-order valence-electron chi connectivity index (χ0n) is 11.6. The Morgan fingerprint density at radius 1 is 1.27 bits per heavy atom. The fourth-order valence-corrected chi connectivity index (χ4v) is 2.33. The van der Waals surface area contributed by atoms with Crippen LogP contribution >= 0.6 is 0 Å². The van der Waals surface area contributed by atoms with Crippen molar-refractivity contribution in [2.24, 2.45) is 0 Å². The first-order chi connectivity index (χ1) is 10.7. The predicted molar refractivity (Wildman–Crippen MR) is 79.2 cm³/mol. The van der Waals surface area contributed by atoms with Gasteiger partial charge in [-0.1, -0.05) is 18.2 Å². The molecule has 22 heavy (non-hydrogen) atoms. The molecule has 2 aromatic carbocycles. The summed E-state index contributed by atoms with van der Waals surface area (Å²) in [5.74, 6) is -0.128. The number of fused-ring (bicyclic) bond motifs is 1. The van der Waals surface area contributed by atoms with E-state index in [-0.39, 0.29) is 24.9 Å².